The number of carbonyl (C=O) groups is 1. The Morgan fingerprint density at radius 3 is 2.48 bits per heavy atom. The van der Waals surface area contributed by atoms with E-state index in [1.54, 1.807) is 0 Å². The summed E-state index contributed by atoms with van der Waals surface area (Å²) in [5, 5.41) is 0. The second kappa shape index (κ2) is 7.99. The van der Waals surface area contributed by atoms with Crippen molar-refractivity contribution in [1.82, 2.24) is 9.80 Å². The first-order valence-electron chi connectivity index (χ1n) is 7.86. The third-order valence-electron chi connectivity index (χ3n) is 3.99. The smallest absolute Gasteiger partial charge is 0.223 e. The zero-order valence-electron chi connectivity index (χ0n) is 13.2. The van der Waals surface area contributed by atoms with Gasteiger partial charge < -0.3 is 4.90 Å². The molecule has 1 aliphatic heterocycles. The number of rotatable bonds is 5. The van der Waals surface area contributed by atoms with Crippen LogP contribution in [0.25, 0.3) is 0 Å². The summed E-state index contributed by atoms with van der Waals surface area (Å²) in [6.07, 6.45) is 4.75. The van der Waals surface area contributed by atoms with Crippen LogP contribution in [-0.2, 0) is 11.3 Å². The Balaban J connectivity index is 1.76. The van der Waals surface area contributed by atoms with Gasteiger partial charge in [0, 0.05) is 39.1 Å². The minimum atomic E-state index is 0.292. The van der Waals surface area contributed by atoms with Gasteiger partial charge >= 0.3 is 0 Å². The van der Waals surface area contributed by atoms with Crippen LogP contribution in [0.4, 0.5) is 0 Å². The molecular weight excluding hydrogens is 260 g/mol. The maximum Gasteiger partial charge on any atom is 0.223 e. The maximum absolute atomic E-state index is 12.2. The molecule has 1 aromatic rings. The summed E-state index contributed by atoms with van der Waals surface area (Å²) in [4.78, 5) is 16.7. The minimum Gasteiger partial charge on any atom is -0.340 e. The summed E-state index contributed by atoms with van der Waals surface area (Å²) in [6.45, 7) is 8.74. The van der Waals surface area contributed by atoms with Gasteiger partial charge in [-0.05, 0) is 18.4 Å². The van der Waals surface area contributed by atoms with E-state index in [4.69, 9.17) is 0 Å². The molecule has 1 fully saturated rings. The standard InChI is InChI=1S/C18H26N2O/c1-3-7-16(2)14-18(21)20-12-10-19(11-13-20)15-17-8-5-4-6-9-17/h3-9,16H,10-15H2,1-2H3. The van der Waals surface area contributed by atoms with Crippen molar-refractivity contribution in [3.63, 3.8) is 0 Å². The van der Waals surface area contributed by atoms with E-state index < -0.39 is 0 Å². The van der Waals surface area contributed by atoms with Crippen molar-refractivity contribution >= 4 is 5.91 Å². The molecule has 3 heteroatoms. The number of piperazine rings is 1. The van der Waals surface area contributed by atoms with Crippen LogP contribution in [-0.4, -0.2) is 41.9 Å². The molecule has 0 N–H and O–H groups in total. The Hall–Kier alpha value is -1.61. The minimum absolute atomic E-state index is 0.292. The molecule has 1 atom stereocenters. The van der Waals surface area contributed by atoms with Crippen molar-refractivity contribution in [2.24, 2.45) is 5.92 Å². The first-order chi connectivity index (χ1) is 10.2. The van der Waals surface area contributed by atoms with Crippen molar-refractivity contribution in [2.45, 2.75) is 26.8 Å². The van der Waals surface area contributed by atoms with Gasteiger partial charge in [-0.15, -0.1) is 0 Å². The Morgan fingerprint density at radius 2 is 1.86 bits per heavy atom. The van der Waals surface area contributed by atoms with Crippen LogP contribution in [0.2, 0.25) is 0 Å². The van der Waals surface area contributed by atoms with Crippen LogP contribution < -0.4 is 0 Å². The number of carbonyl (C=O) groups excluding carboxylic acids is 1. The molecule has 0 aliphatic carbocycles. The highest BCUT2D eigenvalue weighted by Crippen LogP contribution is 2.12. The monoisotopic (exact) mass is 286 g/mol. The van der Waals surface area contributed by atoms with E-state index in [2.05, 4.69) is 42.2 Å². The normalized spacial score (nSPS) is 18.1. The number of allylic oxidation sites excluding steroid dienone is 2. The molecule has 1 saturated heterocycles. The molecule has 114 valence electrons. The first-order valence-corrected chi connectivity index (χ1v) is 7.86. The van der Waals surface area contributed by atoms with Crippen LogP contribution in [0.1, 0.15) is 25.8 Å². The fraction of sp³-hybridized carbons (Fsp3) is 0.500. The number of hydrogen-bond acceptors (Lipinski definition) is 2. The summed E-state index contributed by atoms with van der Waals surface area (Å²) in [6, 6.07) is 10.5. The lowest BCUT2D eigenvalue weighted by Crippen LogP contribution is -2.48. The second-order valence-corrected chi connectivity index (χ2v) is 5.85. The van der Waals surface area contributed by atoms with Gasteiger partial charge in [0.2, 0.25) is 5.91 Å². The molecule has 0 bridgehead atoms. The molecular formula is C18H26N2O. The van der Waals surface area contributed by atoms with Crippen molar-refractivity contribution in [3.05, 3.63) is 48.0 Å². The number of amides is 1. The van der Waals surface area contributed by atoms with Crippen LogP contribution in [0.5, 0.6) is 0 Å². The van der Waals surface area contributed by atoms with Crippen LogP contribution in [0.3, 0.4) is 0 Å². The Kier molecular flexibility index (Phi) is 6.00. The highest BCUT2D eigenvalue weighted by molar-refractivity contribution is 5.76. The molecule has 3 nitrogen and oxygen atoms in total. The maximum atomic E-state index is 12.2. The quantitative estimate of drug-likeness (QED) is 0.777. The molecule has 21 heavy (non-hydrogen) atoms. The predicted octanol–water partition coefficient (Wildman–Crippen LogP) is 2.93. The van der Waals surface area contributed by atoms with Gasteiger partial charge in [0.05, 0.1) is 0 Å². The Labute approximate surface area is 128 Å². The molecule has 2 rings (SSSR count). The fourth-order valence-corrected chi connectivity index (χ4v) is 2.80. The van der Waals surface area contributed by atoms with Crippen LogP contribution >= 0.6 is 0 Å². The lowest BCUT2D eigenvalue weighted by Gasteiger charge is -2.35. The average Bonchev–Trinajstić information content (AvgIpc) is 2.49. The third kappa shape index (κ3) is 5.01. The number of hydrogen-bond donors (Lipinski definition) is 0. The van der Waals surface area contributed by atoms with Crippen LogP contribution in [0, 0.1) is 5.92 Å². The largest absolute Gasteiger partial charge is 0.340 e. The number of nitrogens with zero attached hydrogens (tertiary/aromatic N) is 2. The van der Waals surface area contributed by atoms with E-state index >= 15 is 0 Å². The topological polar surface area (TPSA) is 23.6 Å². The lowest BCUT2D eigenvalue weighted by molar-refractivity contribution is -0.133. The average molecular weight is 286 g/mol. The van der Waals surface area contributed by atoms with Gasteiger partial charge in [-0.25, -0.2) is 0 Å². The summed E-state index contributed by atoms with van der Waals surface area (Å²) in [5.74, 6) is 0.629. The van der Waals surface area contributed by atoms with Crippen molar-refractivity contribution in [1.29, 1.82) is 0 Å². The van der Waals surface area contributed by atoms with E-state index in [-0.39, 0.29) is 0 Å². The van der Waals surface area contributed by atoms with Gasteiger partial charge in [-0.3, -0.25) is 9.69 Å². The Morgan fingerprint density at radius 1 is 1.19 bits per heavy atom. The zero-order valence-corrected chi connectivity index (χ0v) is 13.2. The first kappa shape index (κ1) is 15.8. The van der Waals surface area contributed by atoms with Crippen molar-refractivity contribution < 1.29 is 4.79 Å². The predicted molar refractivity (Wildman–Crippen MR) is 86.9 cm³/mol. The highest BCUT2D eigenvalue weighted by Gasteiger charge is 2.21. The second-order valence-electron chi connectivity index (χ2n) is 5.85. The van der Waals surface area contributed by atoms with E-state index in [1.807, 2.05) is 24.0 Å². The van der Waals surface area contributed by atoms with Crippen molar-refractivity contribution in [3.8, 4) is 0 Å². The molecule has 0 spiro atoms. The van der Waals surface area contributed by atoms with E-state index in [9.17, 15) is 4.79 Å². The molecule has 0 saturated carbocycles. The SMILES string of the molecule is CC=CC(C)CC(=O)N1CCN(Cc2ccccc2)CC1. The highest BCUT2D eigenvalue weighted by atomic mass is 16.2. The van der Waals surface area contributed by atoms with Gasteiger partial charge in [-0.1, -0.05) is 49.4 Å². The molecule has 1 aromatic carbocycles. The third-order valence-corrected chi connectivity index (χ3v) is 3.99. The molecule has 1 unspecified atom stereocenters. The lowest BCUT2D eigenvalue weighted by atomic mass is 10.1. The van der Waals surface area contributed by atoms with E-state index in [0.717, 1.165) is 32.7 Å². The summed E-state index contributed by atoms with van der Waals surface area (Å²) >= 11 is 0. The van der Waals surface area contributed by atoms with Crippen molar-refractivity contribution in [2.75, 3.05) is 26.2 Å². The molecule has 0 aromatic heterocycles. The van der Waals surface area contributed by atoms with Gasteiger partial charge in [0.25, 0.3) is 0 Å². The fourth-order valence-electron chi connectivity index (χ4n) is 2.80. The summed E-state index contributed by atoms with van der Waals surface area (Å²) in [5.41, 5.74) is 1.35. The van der Waals surface area contributed by atoms with E-state index in [1.165, 1.54) is 5.56 Å². The summed E-state index contributed by atoms with van der Waals surface area (Å²) in [7, 11) is 0. The van der Waals surface area contributed by atoms with Gasteiger partial charge in [0.15, 0.2) is 0 Å². The zero-order chi connectivity index (χ0) is 15.1. The Bertz CT molecular complexity index is 461. The number of benzene rings is 1. The molecule has 1 amide bonds. The summed E-state index contributed by atoms with van der Waals surface area (Å²) < 4.78 is 0. The molecule has 1 heterocycles. The van der Waals surface area contributed by atoms with Gasteiger partial charge in [0.1, 0.15) is 0 Å². The molecule has 0 radical (unpaired) electrons. The van der Waals surface area contributed by atoms with Crippen LogP contribution in [0.15, 0.2) is 42.5 Å². The van der Waals surface area contributed by atoms with E-state index in [0.29, 0.717) is 18.2 Å². The molecule has 1 aliphatic rings. The van der Waals surface area contributed by atoms with Gasteiger partial charge in [-0.2, -0.15) is 0 Å².